The fraction of sp³-hybridized carbons (Fsp3) is 0.294. The minimum absolute atomic E-state index is 0.0786. The quantitative estimate of drug-likeness (QED) is 0.447. The molecule has 0 aliphatic carbocycles. The second kappa shape index (κ2) is 7.47. The Morgan fingerprint density at radius 2 is 1.93 bits per heavy atom. The molecule has 0 unspecified atom stereocenters. The average Bonchev–Trinajstić information content (AvgIpc) is 3.25. The molecule has 0 radical (unpaired) electrons. The number of hydrogen-bond donors (Lipinski definition) is 1. The lowest BCUT2D eigenvalue weighted by Crippen LogP contribution is -2.36. The van der Waals surface area contributed by atoms with Crippen LogP contribution in [-0.2, 0) is 9.53 Å². The summed E-state index contributed by atoms with van der Waals surface area (Å²) in [5.74, 6) is -1.35. The lowest BCUT2D eigenvalue weighted by Gasteiger charge is -2.20. The molecule has 146 valence electrons. The van der Waals surface area contributed by atoms with Crippen molar-refractivity contribution in [2.45, 2.75) is 25.8 Å². The Morgan fingerprint density at radius 3 is 2.50 bits per heavy atom. The van der Waals surface area contributed by atoms with E-state index in [-0.39, 0.29) is 29.4 Å². The van der Waals surface area contributed by atoms with Gasteiger partial charge in [-0.25, -0.2) is 4.79 Å². The Labute approximate surface area is 158 Å². The molecule has 1 aromatic carbocycles. The van der Waals surface area contributed by atoms with E-state index in [2.05, 4.69) is 10.5 Å². The van der Waals surface area contributed by atoms with Crippen LogP contribution in [-0.4, -0.2) is 33.6 Å². The Balaban J connectivity index is 2.07. The normalized spacial score (nSPS) is 18.3. The lowest BCUT2D eigenvalue weighted by molar-refractivity contribution is -0.386. The van der Waals surface area contributed by atoms with E-state index in [1.807, 2.05) is 0 Å². The molecule has 11 heteroatoms. The predicted octanol–water partition coefficient (Wildman–Crippen LogP) is 2.46. The van der Waals surface area contributed by atoms with Crippen LogP contribution in [0.15, 0.2) is 35.0 Å². The van der Waals surface area contributed by atoms with Gasteiger partial charge in [-0.15, -0.1) is 0 Å². The van der Waals surface area contributed by atoms with Crippen molar-refractivity contribution in [1.82, 2.24) is 10.5 Å². The zero-order valence-corrected chi connectivity index (χ0v) is 14.9. The van der Waals surface area contributed by atoms with Crippen LogP contribution in [0.4, 0.5) is 11.4 Å². The maximum absolute atomic E-state index is 12.4. The minimum Gasteiger partial charge on any atom is -0.464 e. The van der Waals surface area contributed by atoms with Gasteiger partial charge in [-0.3, -0.25) is 20.2 Å². The van der Waals surface area contributed by atoms with Crippen LogP contribution in [0.2, 0.25) is 0 Å². The van der Waals surface area contributed by atoms with Crippen LogP contribution in [0, 0.1) is 27.2 Å². The molecule has 11 nitrogen and oxygen atoms in total. The van der Waals surface area contributed by atoms with Crippen LogP contribution in [0.1, 0.15) is 29.9 Å². The topological polar surface area (TPSA) is 151 Å². The molecule has 0 fully saturated rings. The van der Waals surface area contributed by atoms with Crippen LogP contribution >= 0.6 is 0 Å². The van der Waals surface area contributed by atoms with E-state index in [1.165, 1.54) is 37.4 Å². The van der Waals surface area contributed by atoms with Crippen molar-refractivity contribution >= 4 is 22.9 Å². The van der Waals surface area contributed by atoms with Gasteiger partial charge in [0.1, 0.15) is 6.04 Å². The summed E-state index contributed by atoms with van der Waals surface area (Å²) in [5, 5.41) is 28.9. The van der Waals surface area contributed by atoms with Gasteiger partial charge in [-0.05, 0) is 19.4 Å². The summed E-state index contributed by atoms with van der Waals surface area (Å²) in [6, 6.07) is 4.71. The molecule has 0 spiro atoms. The predicted molar refractivity (Wildman–Crippen MR) is 95.3 cm³/mol. The molecular formula is C17H16N4O7. The number of aromatic nitrogens is 1. The largest absolute Gasteiger partial charge is 0.464 e. The Hall–Kier alpha value is -3.76. The summed E-state index contributed by atoms with van der Waals surface area (Å²) < 4.78 is 10.3. The molecule has 2 atom stereocenters. The molecule has 1 aliphatic rings. The number of carbonyl (C=O) groups excluding carboxylic acids is 1. The third-order valence-corrected chi connectivity index (χ3v) is 4.37. The molecule has 2 aromatic rings. The van der Waals surface area contributed by atoms with Gasteiger partial charge in [-0.2, -0.15) is 0 Å². The highest BCUT2D eigenvalue weighted by Gasteiger charge is 2.42. The van der Waals surface area contributed by atoms with Crippen LogP contribution < -0.4 is 5.32 Å². The van der Waals surface area contributed by atoms with Gasteiger partial charge >= 0.3 is 11.7 Å². The summed E-state index contributed by atoms with van der Waals surface area (Å²) >= 11 is 0. The number of benzene rings is 1. The molecule has 0 saturated heterocycles. The Morgan fingerprint density at radius 1 is 1.25 bits per heavy atom. The highest BCUT2D eigenvalue weighted by atomic mass is 16.6. The number of rotatable bonds is 6. The molecular weight excluding hydrogens is 372 g/mol. The first-order valence-electron chi connectivity index (χ1n) is 8.33. The first kappa shape index (κ1) is 19.0. The number of esters is 1. The highest BCUT2D eigenvalue weighted by molar-refractivity contribution is 5.87. The number of ether oxygens (including phenoxy) is 1. The van der Waals surface area contributed by atoms with Gasteiger partial charge in [0.2, 0.25) is 5.76 Å². The molecule has 2 heterocycles. The molecule has 1 N–H and O–H groups in total. The van der Waals surface area contributed by atoms with Crippen molar-refractivity contribution in [1.29, 1.82) is 0 Å². The van der Waals surface area contributed by atoms with Crippen LogP contribution in [0.3, 0.4) is 0 Å². The van der Waals surface area contributed by atoms with Crippen molar-refractivity contribution in [2.24, 2.45) is 0 Å². The molecule has 28 heavy (non-hydrogen) atoms. The maximum atomic E-state index is 12.4. The number of non-ortho nitro benzene ring substituents is 1. The van der Waals surface area contributed by atoms with E-state index in [1.54, 1.807) is 6.92 Å². The molecule has 0 saturated carbocycles. The SMILES string of the molecule is CCOC(=O)[C@H]1NC=C(c2onc(C)c2[N+](=O)[O-])[C@@H]1c1ccc([N+](=O)[O-])cc1. The number of aryl methyl sites for hydroxylation is 1. The first-order valence-corrected chi connectivity index (χ1v) is 8.33. The minimum atomic E-state index is -0.874. The number of hydrogen-bond acceptors (Lipinski definition) is 9. The third kappa shape index (κ3) is 3.29. The molecule has 3 rings (SSSR count). The second-order valence-electron chi connectivity index (χ2n) is 6.03. The van der Waals surface area contributed by atoms with E-state index in [4.69, 9.17) is 9.26 Å². The van der Waals surface area contributed by atoms with E-state index >= 15 is 0 Å². The molecule has 1 aliphatic heterocycles. The van der Waals surface area contributed by atoms with E-state index in [0.717, 1.165) is 0 Å². The monoisotopic (exact) mass is 388 g/mol. The zero-order chi connectivity index (χ0) is 20.4. The summed E-state index contributed by atoms with van der Waals surface area (Å²) in [4.78, 5) is 33.6. The van der Waals surface area contributed by atoms with E-state index in [9.17, 15) is 25.0 Å². The fourth-order valence-corrected chi connectivity index (χ4v) is 3.13. The summed E-state index contributed by atoms with van der Waals surface area (Å²) in [6.45, 7) is 3.26. The average molecular weight is 388 g/mol. The van der Waals surface area contributed by atoms with Crippen molar-refractivity contribution in [3.63, 3.8) is 0 Å². The van der Waals surface area contributed by atoms with Crippen molar-refractivity contribution < 1.29 is 23.9 Å². The summed E-state index contributed by atoms with van der Waals surface area (Å²) in [6.07, 6.45) is 1.45. The number of carbonyl (C=O) groups is 1. The van der Waals surface area contributed by atoms with Gasteiger partial charge in [-0.1, -0.05) is 17.3 Å². The highest BCUT2D eigenvalue weighted by Crippen LogP contribution is 2.43. The molecule has 0 amide bonds. The van der Waals surface area contributed by atoms with Gasteiger partial charge in [0, 0.05) is 29.8 Å². The summed E-state index contributed by atoms with van der Waals surface area (Å²) in [5.41, 5.74) is 0.546. The van der Waals surface area contributed by atoms with Crippen LogP contribution in [0.5, 0.6) is 0 Å². The lowest BCUT2D eigenvalue weighted by atomic mass is 9.86. The van der Waals surface area contributed by atoms with Crippen LogP contribution in [0.25, 0.3) is 5.57 Å². The second-order valence-corrected chi connectivity index (χ2v) is 6.03. The number of nitro benzene ring substituents is 1. The number of nitrogens with zero attached hydrogens (tertiary/aromatic N) is 3. The van der Waals surface area contributed by atoms with E-state index < -0.39 is 27.8 Å². The van der Waals surface area contributed by atoms with Crippen molar-refractivity contribution in [3.05, 3.63) is 67.7 Å². The molecule has 0 bridgehead atoms. The first-order chi connectivity index (χ1) is 13.3. The molecule has 1 aromatic heterocycles. The number of nitrogens with one attached hydrogen (secondary N) is 1. The third-order valence-electron chi connectivity index (χ3n) is 4.37. The standard InChI is InChI=1S/C17H16N4O7/c1-3-27-17(22)14-13(10-4-6-11(7-5-10)20(23)24)12(8-18-14)16-15(21(25)26)9(2)19-28-16/h4-8,13-14,18H,3H2,1-2H3/t13-,14-/m0/s1. The number of nitro groups is 2. The zero-order valence-electron chi connectivity index (χ0n) is 14.9. The van der Waals surface area contributed by atoms with Crippen molar-refractivity contribution in [3.8, 4) is 0 Å². The smallest absolute Gasteiger partial charge is 0.339 e. The fourth-order valence-electron chi connectivity index (χ4n) is 3.13. The van der Waals surface area contributed by atoms with Gasteiger partial charge < -0.3 is 14.6 Å². The maximum Gasteiger partial charge on any atom is 0.339 e. The van der Waals surface area contributed by atoms with Gasteiger partial charge in [0.15, 0.2) is 5.69 Å². The van der Waals surface area contributed by atoms with E-state index in [0.29, 0.717) is 11.1 Å². The van der Waals surface area contributed by atoms with Gasteiger partial charge in [0.05, 0.1) is 16.5 Å². The van der Waals surface area contributed by atoms with Gasteiger partial charge in [0.25, 0.3) is 5.69 Å². The Bertz CT molecular complexity index is 964. The summed E-state index contributed by atoms with van der Waals surface area (Å²) in [7, 11) is 0. The van der Waals surface area contributed by atoms with Crippen molar-refractivity contribution in [2.75, 3.05) is 6.61 Å². The Kier molecular flexibility index (Phi) is 5.07.